The Morgan fingerprint density at radius 3 is 2.33 bits per heavy atom. The molecule has 3 aromatic carbocycles. The number of halogens is 3. The third-order valence-corrected chi connectivity index (χ3v) is 10.4. The highest BCUT2D eigenvalue weighted by Crippen LogP contribution is 2.64. The number of phenols is 1. The molecule has 2 N–H and O–H groups in total. The molecule has 3 aromatic rings. The lowest BCUT2D eigenvalue weighted by Crippen LogP contribution is -2.49. The van der Waals surface area contributed by atoms with Gasteiger partial charge in [-0.05, 0) is 68.1 Å². The van der Waals surface area contributed by atoms with Gasteiger partial charge in [0.1, 0.15) is 5.82 Å². The number of aromatic hydroxyl groups is 1. The van der Waals surface area contributed by atoms with E-state index in [9.17, 15) is 43.0 Å². The first-order valence-corrected chi connectivity index (χ1v) is 15.0. The van der Waals surface area contributed by atoms with E-state index in [0.717, 1.165) is 28.0 Å². The second kappa shape index (κ2) is 10.3. The van der Waals surface area contributed by atoms with Crippen molar-refractivity contribution in [2.45, 2.75) is 25.7 Å². The third-order valence-electron chi connectivity index (χ3n) is 10.1. The fourth-order valence-corrected chi connectivity index (χ4v) is 8.20. The summed E-state index contributed by atoms with van der Waals surface area (Å²) in [6.45, 7) is 1.56. The number of carbonyl (C=O) groups is 5. The van der Waals surface area contributed by atoms with E-state index in [2.05, 4.69) is 0 Å². The molecule has 7 rings (SSSR count). The van der Waals surface area contributed by atoms with Gasteiger partial charge < -0.3 is 10.2 Å². The molecule has 1 saturated carbocycles. The molecule has 12 heteroatoms. The number of carbonyl (C=O) groups excluding carboxylic acids is 4. The van der Waals surface area contributed by atoms with Crippen LogP contribution in [0.15, 0.2) is 72.3 Å². The molecule has 6 atom stereocenters. The molecule has 0 radical (unpaired) electrons. The molecule has 4 amide bonds. The number of allylic oxidation sites excluding steroid dienone is 2. The van der Waals surface area contributed by atoms with E-state index in [-0.39, 0.29) is 40.4 Å². The zero-order chi connectivity index (χ0) is 32.8. The van der Waals surface area contributed by atoms with Gasteiger partial charge in [-0.15, -0.1) is 0 Å². The number of hydrogen-bond donors (Lipinski definition) is 2. The highest BCUT2D eigenvalue weighted by atomic mass is 35.5. The molecule has 2 heterocycles. The van der Waals surface area contributed by atoms with Crippen LogP contribution in [0.25, 0.3) is 0 Å². The van der Waals surface area contributed by atoms with Gasteiger partial charge in [0.05, 0.1) is 45.1 Å². The summed E-state index contributed by atoms with van der Waals surface area (Å²) in [5.41, 5.74) is -0.992. The van der Waals surface area contributed by atoms with E-state index in [1.54, 1.807) is 13.0 Å². The highest BCUT2D eigenvalue weighted by molar-refractivity contribution is 6.32. The first-order chi connectivity index (χ1) is 21.9. The average molecular weight is 647 g/mol. The predicted octanol–water partition coefficient (Wildman–Crippen LogP) is 5.46. The maximum Gasteiger partial charge on any atom is 0.335 e. The van der Waals surface area contributed by atoms with Gasteiger partial charge >= 0.3 is 5.97 Å². The summed E-state index contributed by atoms with van der Waals surface area (Å²) >= 11 is 6.00. The van der Waals surface area contributed by atoms with Crippen LogP contribution in [-0.2, 0) is 19.2 Å². The Kier molecular flexibility index (Phi) is 6.68. The summed E-state index contributed by atoms with van der Waals surface area (Å²) < 4.78 is 28.9. The number of benzene rings is 3. The first-order valence-electron chi connectivity index (χ1n) is 14.6. The lowest BCUT2D eigenvalue weighted by atomic mass is 9.51. The van der Waals surface area contributed by atoms with Crippen molar-refractivity contribution < 1.29 is 43.0 Å². The standard InChI is InChI=1S/C34H25ClF2N2O7/c1-34-22(30(42)39(33(34)46)17-8-11-24(36)23(35)13-17)14-21-18(27(34)20-6-3-7-25(37)28(20)40)9-10-19-26(21)31(43)38(29(19)41)16-5-2-4-15(12-16)32(44)45/h2-9,11-13,19,21-22,26-27,40H,10,14H2,1H3,(H,44,45). The maximum absolute atomic E-state index is 14.9. The van der Waals surface area contributed by atoms with Crippen LogP contribution in [0.3, 0.4) is 0 Å². The van der Waals surface area contributed by atoms with Crippen LogP contribution in [0.1, 0.15) is 41.6 Å². The first kappa shape index (κ1) is 29.8. The number of imide groups is 2. The molecule has 9 nitrogen and oxygen atoms in total. The fourth-order valence-electron chi connectivity index (χ4n) is 8.03. The Hall–Kier alpha value is -4.90. The highest BCUT2D eigenvalue weighted by Gasteiger charge is 2.68. The molecular formula is C34H25ClF2N2O7. The molecule has 234 valence electrons. The minimum atomic E-state index is -1.57. The second-order valence-corrected chi connectivity index (χ2v) is 12.7. The van der Waals surface area contributed by atoms with Gasteiger partial charge in [0, 0.05) is 11.5 Å². The zero-order valence-electron chi connectivity index (χ0n) is 24.1. The molecule has 4 aliphatic rings. The number of para-hydroxylation sites is 1. The largest absolute Gasteiger partial charge is 0.505 e. The Morgan fingerprint density at radius 1 is 0.891 bits per heavy atom. The van der Waals surface area contributed by atoms with Crippen molar-refractivity contribution in [2.75, 3.05) is 9.80 Å². The summed E-state index contributed by atoms with van der Waals surface area (Å²) in [5, 5.41) is 20.1. The number of hydrogen-bond acceptors (Lipinski definition) is 6. The summed E-state index contributed by atoms with van der Waals surface area (Å²) in [5.74, 6) is -10.8. The molecule has 0 bridgehead atoms. The normalized spacial score (nSPS) is 28.6. The number of phenolic OH excluding ortho intramolecular Hbond substituents is 1. The quantitative estimate of drug-likeness (QED) is 0.284. The van der Waals surface area contributed by atoms with E-state index >= 15 is 0 Å². The van der Waals surface area contributed by atoms with E-state index in [0.29, 0.717) is 5.57 Å². The van der Waals surface area contributed by atoms with E-state index in [1.807, 2.05) is 0 Å². The van der Waals surface area contributed by atoms with Gasteiger partial charge in [-0.2, -0.15) is 0 Å². The van der Waals surface area contributed by atoms with E-state index in [1.165, 1.54) is 42.5 Å². The Labute approximate surface area is 265 Å². The number of amides is 4. The van der Waals surface area contributed by atoms with Gasteiger partial charge in [-0.1, -0.05) is 41.4 Å². The number of carboxylic acids is 1. The molecule has 3 fully saturated rings. The predicted molar refractivity (Wildman–Crippen MR) is 160 cm³/mol. The summed E-state index contributed by atoms with van der Waals surface area (Å²) in [6, 6.07) is 12.8. The third kappa shape index (κ3) is 4.00. The number of fused-ring (bicyclic) bond motifs is 4. The van der Waals surface area contributed by atoms with Crippen molar-refractivity contribution >= 4 is 52.6 Å². The fraction of sp³-hybridized carbons (Fsp3) is 0.265. The van der Waals surface area contributed by atoms with Crippen LogP contribution in [0.5, 0.6) is 5.75 Å². The van der Waals surface area contributed by atoms with Crippen LogP contribution >= 0.6 is 11.6 Å². The number of aromatic carboxylic acids is 1. The Balaban J connectivity index is 1.37. The van der Waals surface area contributed by atoms with Crippen LogP contribution in [-0.4, -0.2) is 39.8 Å². The molecule has 0 spiro atoms. The number of anilines is 2. The van der Waals surface area contributed by atoms with Crippen molar-refractivity contribution in [2.24, 2.45) is 29.1 Å². The SMILES string of the molecule is CC12C(=O)N(c3ccc(F)c(Cl)c3)C(=O)C1CC1C(=CCC3C(=O)N(c4cccc(C(=O)O)c4)C(=O)C31)C2c1cccc(F)c1O. The smallest absolute Gasteiger partial charge is 0.335 e. The van der Waals surface area contributed by atoms with Crippen molar-refractivity contribution in [3.8, 4) is 5.75 Å². The maximum atomic E-state index is 14.9. The molecule has 46 heavy (non-hydrogen) atoms. The van der Waals surface area contributed by atoms with Crippen molar-refractivity contribution in [3.63, 3.8) is 0 Å². The molecule has 2 aliphatic heterocycles. The van der Waals surface area contributed by atoms with E-state index < -0.39 is 82.0 Å². The number of carboxylic acid groups (broad SMARTS) is 1. The monoisotopic (exact) mass is 646 g/mol. The van der Waals surface area contributed by atoms with Crippen molar-refractivity contribution in [1.29, 1.82) is 0 Å². The molecule has 2 aliphatic carbocycles. The summed E-state index contributed by atoms with van der Waals surface area (Å²) in [6.07, 6.45) is 1.80. The van der Waals surface area contributed by atoms with Gasteiger partial charge in [0.15, 0.2) is 11.6 Å². The van der Waals surface area contributed by atoms with Crippen LogP contribution in [0.2, 0.25) is 5.02 Å². The Bertz CT molecular complexity index is 1950. The van der Waals surface area contributed by atoms with Gasteiger partial charge in [-0.25, -0.2) is 18.5 Å². The molecule has 2 saturated heterocycles. The van der Waals surface area contributed by atoms with Crippen LogP contribution in [0, 0.1) is 40.7 Å². The zero-order valence-corrected chi connectivity index (χ0v) is 24.9. The Morgan fingerprint density at radius 2 is 1.61 bits per heavy atom. The van der Waals surface area contributed by atoms with Crippen LogP contribution < -0.4 is 9.80 Å². The van der Waals surface area contributed by atoms with Gasteiger partial charge in [-0.3, -0.25) is 24.1 Å². The second-order valence-electron chi connectivity index (χ2n) is 12.3. The van der Waals surface area contributed by atoms with Gasteiger partial charge in [0.2, 0.25) is 23.6 Å². The summed E-state index contributed by atoms with van der Waals surface area (Å²) in [4.78, 5) is 69.9. The van der Waals surface area contributed by atoms with Crippen molar-refractivity contribution in [1.82, 2.24) is 0 Å². The summed E-state index contributed by atoms with van der Waals surface area (Å²) in [7, 11) is 0. The lowest BCUT2D eigenvalue weighted by molar-refractivity contribution is -0.131. The molecule has 0 aromatic heterocycles. The van der Waals surface area contributed by atoms with Crippen LogP contribution in [0.4, 0.5) is 20.2 Å². The molecule has 6 unspecified atom stereocenters. The minimum absolute atomic E-state index is 0.0197. The van der Waals surface area contributed by atoms with E-state index in [4.69, 9.17) is 11.6 Å². The van der Waals surface area contributed by atoms with Crippen molar-refractivity contribution in [3.05, 3.63) is 100 Å². The number of nitrogens with zero attached hydrogens (tertiary/aromatic N) is 2. The topological polar surface area (TPSA) is 132 Å². The lowest BCUT2D eigenvalue weighted by Gasteiger charge is -2.49. The minimum Gasteiger partial charge on any atom is -0.505 e. The molecular weight excluding hydrogens is 622 g/mol. The number of rotatable bonds is 4. The average Bonchev–Trinajstić information content (AvgIpc) is 3.40. The van der Waals surface area contributed by atoms with Gasteiger partial charge in [0.25, 0.3) is 0 Å².